The molecule has 1 N–H and O–H groups in total. The van der Waals surface area contributed by atoms with Gasteiger partial charge in [0.25, 0.3) is 0 Å². The van der Waals surface area contributed by atoms with E-state index in [1.807, 2.05) is 0 Å². The number of aromatic nitrogens is 2. The SMILES string of the molecule is CO[C@@H]1CSc2c(-c3cc(Cl)c(F)cc3F)c(Cl)cc3c(N4CCNCC4)nc(=O)n(c23)C1. The third kappa shape index (κ3) is 4.00. The highest BCUT2D eigenvalue weighted by atomic mass is 35.5. The fourth-order valence-electron chi connectivity index (χ4n) is 4.33. The molecule has 11 heteroatoms. The summed E-state index contributed by atoms with van der Waals surface area (Å²) in [6.45, 7) is 3.22. The number of halogens is 4. The number of ether oxygens (including phenoxy) is 1. The fourth-order valence-corrected chi connectivity index (χ4v) is 6.17. The molecule has 6 nitrogen and oxygen atoms in total. The predicted molar refractivity (Wildman–Crippen MR) is 128 cm³/mol. The molecule has 33 heavy (non-hydrogen) atoms. The Morgan fingerprint density at radius 3 is 2.64 bits per heavy atom. The number of rotatable bonds is 3. The van der Waals surface area contributed by atoms with Crippen LogP contribution in [0.15, 0.2) is 27.9 Å². The Morgan fingerprint density at radius 1 is 1.15 bits per heavy atom. The molecule has 2 aromatic carbocycles. The van der Waals surface area contributed by atoms with Crippen LogP contribution in [0.3, 0.4) is 0 Å². The quantitative estimate of drug-likeness (QED) is 0.531. The number of hydrogen-bond donors (Lipinski definition) is 1. The van der Waals surface area contributed by atoms with Crippen LogP contribution in [0.4, 0.5) is 14.6 Å². The number of hydrogen-bond acceptors (Lipinski definition) is 6. The van der Waals surface area contributed by atoms with Gasteiger partial charge in [0.1, 0.15) is 17.5 Å². The van der Waals surface area contributed by atoms with E-state index < -0.39 is 17.3 Å². The molecule has 3 aromatic rings. The number of piperazine rings is 1. The highest BCUT2D eigenvalue weighted by molar-refractivity contribution is 7.99. The summed E-state index contributed by atoms with van der Waals surface area (Å²) in [6.07, 6.45) is -0.261. The maximum atomic E-state index is 14.9. The van der Waals surface area contributed by atoms with E-state index in [-0.39, 0.29) is 21.7 Å². The molecule has 0 bridgehead atoms. The summed E-state index contributed by atoms with van der Waals surface area (Å²) in [4.78, 5) is 20.3. The highest BCUT2D eigenvalue weighted by Crippen LogP contribution is 2.46. The first kappa shape index (κ1) is 22.9. The Balaban J connectivity index is 1.85. The largest absolute Gasteiger partial charge is 0.379 e. The van der Waals surface area contributed by atoms with Gasteiger partial charge in [-0.2, -0.15) is 4.98 Å². The van der Waals surface area contributed by atoms with Crippen LogP contribution in [0.1, 0.15) is 0 Å². The predicted octanol–water partition coefficient (Wildman–Crippen LogP) is 4.18. The molecule has 5 rings (SSSR count). The van der Waals surface area contributed by atoms with Crippen molar-refractivity contribution in [3.8, 4) is 11.1 Å². The van der Waals surface area contributed by atoms with Crippen molar-refractivity contribution < 1.29 is 13.5 Å². The first-order valence-electron chi connectivity index (χ1n) is 10.4. The third-order valence-electron chi connectivity index (χ3n) is 5.98. The number of nitrogens with one attached hydrogen (secondary N) is 1. The van der Waals surface area contributed by atoms with Crippen LogP contribution in [0.2, 0.25) is 10.0 Å². The zero-order valence-corrected chi connectivity index (χ0v) is 20.0. The zero-order chi connectivity index (χ0) is 23.3. The van der Waals surface area contributed by atoms with E-state index in [1.54, 1.807) is 17.7 Å². The fraction of sp³-hybridized carbons (Fsp3) is 0.364. The lowest BCUT2D eigenvalue weighted by Crippen LogP contribution is -2.45. The lowest BCUT2D eigenvalue weighted by atomic mass is 10.0. The van der Waals surface area contributed by atoms with E-state index in [1.165, 1.54) is 17.8 Å². The number of thioether (sulfide) groups is 1. The summed E-state index contributed by atoms with van der Waals surface area (Å²) in [7, 11) is 1.58. The van der Waals surface area contributed by atoms with E-state index in [0.717, 1.165) is 19.2 Å². The first-order valence-corrected chi connectivity index (χ1v) is 12.2. The van der Waals surface area contributed by atoms with E-state index in [9.17, 15) is 13.6 Å². The Kier molecular flexibility index (Phi) is 6.26. The van der Waals surface area contributed by atoms with Gasteiger partial charge in [-0.15, -0.1) is 11.8 Å². The van der Waals surface area contributed by atoms with Crippen LogP contribution in [-0.4, -0.2) is 54.7 Å². The smallest absolute Gasteiger partial charge is 0.350 e. The van der Waals surface area contributed by atoms with Gasteiger partial charge in [0.15, 0.2) is 0 Å². The van der Waals surface area contributed by atoms with Gasteiger partial charge >= 0.3 is 5.69 Å². The Bertz CT molecular complexity index is 1310. The van der Waals surface area contributed by atoms with Crippen LogP contribution in [0.25, 0.3) is 22.0 Å². The number of methoxy groups -OCH3 is 1. The first-order chi connectivity index (χ1) is 15.9. The molecule has 2 aliphatic rings. The van der Waals surface area contributed by atoms with Crippen LogP contribution in [0, 0.1) is 11.6 Å². The van der Waals surface area contributed by atoms with E-state index in [4.69, 9.17) is 27.9 Å². The lowest BCUT2D eigenvalue weighted by molar-refractivity contribution is 0.107. The second kappa shape index (κ2) is 9.03. The number of nitrogens with zero attached hydrogens (tertiary/aromatic N) is 3. The average molecular weight is 513 g/mol. The summed E-state index contributed by atoms with van der Waals surface area (Å²) in [5.41, 5.74) is 0.655. The summed E-state index contributed by atoms with van der Waals surface area (Å²) in [5.74, 6) is -0.571. The minimum absolute atomic E-state index is 0.0752. The van der Waals surface area contributed by atoms with E-state index >= 15 is 0 Å². The normalized spacial score (nSPS) is 18.6. The van der Waals surface area contributed by atoms with Crippen LogP contribution in [-0.2, 0) is 11.3 Å². The molecule has 1 aromatic heterocycles. The van der Waals surface area contributed by atoms with Crippen molar-refractivity contribution in [1.82, 2.24) is 14.9 Å². The second-order valence-electron chi connectivity index (χ2n) is 7.94. The molecule has 0 unspecified atom stereocenters. The molecule has 1 saturated heterocycles. The Labute approximate surface area is 202 Å². The topological polar surface area (TPSA) is 59.4 Å². The van der Waals surface area contributed by atoms with Crippen molar-refractivity contribution in [3.63, 3.8) is 0 Å². The molecule has 0 aliphatic carbocycles. The monoisotopic (exact) mass is 512 g/mol. The second-order valence-corrected chi connectivity index (χ2v) is 9.78. The van der Waals surface area contributed by atoms with E-state index in [0.29, 0.717) is 52.6 Å². The van der Waals surface area contributed by atoms with Crippen LogP contribution >= 0.6 is 35.0 Å². The third-order valence-corrected chi connectivity index (χ3v) is 7.79. The number of anilines is 1. The van der Waals surface area contributed by atoms with E-state index in [2.05, 4.69) is 15.2 Å². The maximum absolute atomic E-state index is 14.9. The zero-order valence-electron chi connectivity index (χ0n) is 17.6. The van der Waals surface area contributed by atoms with Crippen LogP contribution in [0.5, 0.6) is 0 Å². The lowest BCUT2D eigenvalue weighted by Gasteiger charge is -2.30. The maximum Gasteiger partial charge on any atom is 0.350 e. The molecule has 1 atom stereocenters. The van der Waals surface area contributed by atoms with Crippen molar-refractivity contribution in [2.75, 3.05) is 43.9 Å². The summed E-state index contributed by atoms with van der Waals surface area (Å²) < 4.78 is 35.9. The standard InChI is InChI=1S/C22H20Cl2F2N4O2S/c1-32-11-9-30-19-13(21(28-22(30)31)29-4-2-27-3-5-29)7-15(24)18(20(19)33-10-11)12-6-14(23)17(26)8-16(12)25/h6-8,11,27H,2-5,9-10H2,1H3/t11-/m0/s1. The number of benzene rings is 2. The average Bonchev–Trinajstić information content (AvgIpc) is 3.00. The Hall–Kier alpha value is -1.91. The van der Waals surface area contributed by atoms with Crippen molar-refractivity contribution in [2.24, 2.45) is 0 Å². The molecule has 0 spiro atoms. The van der Waals surface area contributed by atoms with Crippen molar-refractivity contribution in [2.45, 2.75) is 17.5 Å². The molecular weight excluding hydrogens is 493 g/mol. The Morgan fingerprint density at radius 2 is 1.91 bits per heavy atom. The molecule has 3 heterocycles. The molecule has 174 valence electrons. The van der Waals surface area contributed by atoms with Gasteiger partial charge in [-0.1, -0.05) is 23.2 Å². The van der Waals surface area contributed by atoms with Crippen molar-refractivity contribution in [1.29, 1.82) is 0 Å². The van der Waals surface area contributed by atoms with Gasteiger partial charge in [0.05, 0.1) is 28.2 Å². The summed E-state index contributed by atoms with van der Waals surface area (Å²) in [5, 5.41) is 4.05. The minimum Gasteiger partial charge on any atom is -0.379 e. The molecule has 0 radical (unpaired) electrons. The molecule has 2 aliphatic heterocycles. The molecule has 0 saturated carbocycles. The van der Waals surface area contributed by atoms with Gasteiger partial charge in [-0.3, -0.25) is 4.57 Å². The van der Waals surface area contributed by atoms with Gasteiger partial charge < -0.3 is 15.0 Å². The van der Waals surface area contributed by atoms with Crippen molar-refractivity contribution >= 4 is 51.7 Å². The molecule has 0 amide bonds. The highest BCUT2D eigenvalue weighted by Gasteiger charge is 2.29. The molecule has 1 fully saturated rings. The summed E-state index contributed by atoms with van der Waals surface area (Å²) in [6, 6.07) is 3.69. The molecular formula is C22H20Cl2F2N4O2S. The van der Waals surface area contributed by atoms with Crippen molar-refractivity contribution in [3.05, 3.63) is 50.4 Å². The van der Waals surface area contributed by atoms with Gasteiger partial charge in [-0.05, 0) is 12.1 Å². The van der Waals surface area contributed by atoms with Gasteiger partial charge in [0.2, 0.25) is 0 Å². The minimum atomic E-state index is -0.852. The van der Waals surface area contributed by atoms with Gasteiger partial charge in [0, 0.05) is 66.5 Å². The summed E-state index contributed by atoms with van der Waals surface area (Å²) >= 11 is 14.2. The van der Waals surface area contributed by atoms with Gasteiger partial charge in [-0.25, -0.2) is 13.6 Å². The van der Waals surface area contributed by atoms with Crippen LogP contribution < -0.4 is 15.9 Å².